The van der Waals surface area contributed by atoms with Crippen LogP contribution >= 0.6 is 28.3 Å². The smallest absolute Gasteiger partial charge is 0.190 e. The van der Waals surface area contributed by atoms with E-state index in [1.165, 1.54) is 4.88 Å². The number of rotatable bonds is 5. The van der Waals surface area contributed by atoms with Crippen molar-refractivity contribution >= 4 is 34.0 Å². The lowest BCUT2D eigenvalue weighted by Gasteiger charge is -2.18. The molecule has 0 fully saturated rings. The fraction of sp³-hybridized carbons (Fsp3) is 0.227. The van der Waals surface area contributed by atoms with Gasteiger partial charge in [-0.2, -0.15) is 0 Å². The molecule has 0 spiro atoms. The molecule has 0 radical (unpaired) electrons. The molecule has 0 atom stereocenters. The van der Waals surface area contributed by atoms with E-state index in [0.717, 1.165) is 39.0 Å². The number of ether oxygens (including phenoxy) is 3. The quantitative estimate of drug-likeness (QED) is 0.471. The van der Waals surface area contributed by atoms with E-state index in [9.17, 15) is 0 Å². The van der Waals surface area contributed by atoms with Gasteiger partial charge in [0.15, 0.2) is 16.3 Å². The molecule has 0 amide bonds. The van der Waals surface area contributed by atoms with Gasteiger partial charge in [-0.1, -0.05) is 6.08 Å². The molecule has 4 rings (SSSR count). The molecule has 3 aromatic rings. The summed E-state index contributed by atoms with van der Waals surface area (Å²) in [5.74, 6) is 2.35. The van der Waals surface area contributed by atoms with Gasteiger partial charge in [0.1, 0.15) is 19.0 Å². The summed E-state index contributed by atoms with van der Waals surface area (Å²) in [6, 6.07) is 13.9. The zero-order valence-corrected chi connectivity index (χ0v) is 18.9. The van der Waals surface area contributed by atoms with Gasteiger partial charge in [0.25, 0.3) is 0 Å². The van der Waals surface area contributed by atoms with E-state index in [-0.39, 0.29) is 17.0 Å². The summed E-state index contributed by atoms with van der Waals surface area (Å²) in [6.07, 6.45) is 1.89. The van der Waals surface area contributed by atoms with Crippen LogP contribution in [0.2, 0.25) is 0 Å². The zero-order chi connectivity index (χ0) is 19.5. The van der Waals surface area contributed by atoms with Crippen LogP contribution in [0.4, 0.5) is 5.69 Å². The Hall–Kier alpha value is -2.51. The maximum Gasteiger partial charge on any atom is 0.190 e. The second kappa shape index (κ2) is 9.33. The van der Waals surface area contributed by atoms with Crippen LogP contribution in [0.5, 0.6) is 17.2 Å². The molecule has 29 heavy (non-hydrogen) atoms. The van der Waals surface area contributed by atoms with Crippen molar-refractivity contribution in [3.63, 3.8) is 0 Å². The lowest BCUT2D eigenvalue weighted by Crippen LogP contribution is -2.16. The fourth-order valence-corrected chi connectivity index (χ4v) is 4.25. The molecular weight excluding hydrogens is 452 g/mol. The van der Waals surface area contributed by atoms with Crippen molar-refractivity contribution in [2.75, 3.05) is 20.3 Å². The summed E-state index contributed by atoms with van der Waals surface area (Å²) >= 11 is 1.66. The van der Waals surface area contributed by atoms with Gasteiger partial charge in [0.2, 0.25) is 0 Å². The minimum Gasteiger partial charge on any atom is -0.497 e. The predicted molar refractivity (Wildman–Crippen MR) is 122 cm³/mol. The van der Waals surface area contributed by atoms with Crippen LogP contribution in [-0.2, 0) is 6.54 Å². The Kier molecular flexibility index (Phi) is 6.82. The van der Waals surface area contributed by atoms with Crippen LogP contribution in [0.3, 0.4) is 0 Å². The van der Waals surface area contributed by atoms with E-state index < -0.39 is 0 Å². The third-order valence-electron chi connectivity index (χ3n) is 4.50. The number of allylic oxidation sites excluding steroid dienone is 1. The van der Waals surface area contributed by atoms with E-state index in [2.05, 4.69) is 30.2 Å². The summed E-state index contributed by atoms with van der Waals surface area (Å²) in [5, 5.41) is 0. The summed E-state index contributed by atoms with van der Waals surface area (Å²) in [4.78, 5) is 7.00. The Morgan fingerprint density at radius 2 is 1.86 bits per heavy atom. The molecule has 0 N–H and O–H groups in total. The Bertz CT molecular complexity index is 1070. The SMILES string of the molecule is Br.C=CCn1c(-c2ccc(OC)cc2)c(C)sc1=Nc1ccc2c(c1)OCCO2. The molecule has 1 aromatic heterocycles. The maximum atomic E-state index is 5.68. The fourth-order valence-electron chi connectivity index (χ4n) is 3.23. The highest BCUT2D eigenvalue weighted by Gasteiger charge is 2.14. The molecule has 0 aliphatic carbocycles. The number of thiazole rings is 1. The van der Waals surface area contributed by atoms with Crippen LogP contribution in [0.25, 0.3) is 11.3 Å². The van der Waals surface area contributed by atoms with Gasteiger partial charge in [0.05, 0.1) is 18.5 Å². The normalized spacial score (nSPS) is 13.0. The number of nitrogens with zero attached hydrogens (tertiary/aromatic N) is 2. The highest BCUT2D eigenvalue weighted by molar-refractivity contribution is 8.93. The van der Waals surface area contributed by atoms with Gasteiger partial charge in [-0.05, 0) is 48.9 Å². The van der Waals surface area contributed by atoms with Crippen molar-refractivity contribution in [3.05, 3.63) is 64.8 Å². The van der Waals surface area contributed by atoms with E-state index in [0.29, 0.717) is 19.8 Å². The van der Waals surface area contributed by atoms with Gasteiger partial charge < -0.3 is 18.8 Å². The van der Waals surface area contributed by atoms with Crippen molar-refractivity contribution < 1.29 is 14.2 Å². The number of benzene rings is 2. The highest BCUT2D eigenvalue weighted by atomic mass is 79.9. The maximum absolute atomic E-state index is 5.68. The number of aromatic nitrogens is 1. The Morgan fingerprint density at radius 3 is 2.55 bits per heavy atom. The van der Waals surface area contributed by atoms with Crippen molar-refractivity contribution in [1.82, 2.24) is 4.57 Å². The number of aryl methyl sites for hydroxylation is 1. The topological polar surface area (TPSA) is 45.0 Å². The molecule has 1 aliphatic rings. The third kappa shape index (κ3) is 4.41. The van der Waals surface area contributed by atoms with Crippen molar-refractivity contribution in [2.24, 2.45) is 4.99 Å². The lowest BCUT2D eigenvalue weighted by molar-refractivity contribution is 0.171. The Morgan fingerprint density at radius 1 is 1.14 bits per heavy atom. The first-order chi connectivity index (χ1) is 13.7. The number of halogens is 1. The van der Waals surface area contributed by atoms with E-state index in [1.54, 1.807) is 18.4 Å². The van der Waals surface area contributed by atoms with Gasteiger partial charge in [-0.25, -0.2) is 4.99 Å². The van der Waals surface area contributed by atoms with E-state index in [1.807, 2.05) is 36.4 Å². The zero-order valence-electron chi connectivity index (χ0n) is 16.4. The number of methoxy groups -OCH3 is 1. The minimum absolute atomic E-state index is 0. The Balaban J connectivity index is 0.00000240. The molecule has 0 saturated heterocycles. The monoisotopic (exact) mass is 474 g/mol. The first-order valence-electron chi connectivity index (χ1n) is 9.09. The second-order valence-corrected chi connectivity index (χ2v) is 7.54. The van der Waals surface area contributed by atoms with Gasteiger partial charge in [0, 0.05) is 17.5 Å². The average Bonchev–Trinajstić information content (AvgIpc) is 3.03. The summed E-state index contributed by atoms with van der Waals surface area (Å²) in [5.41, 5.74) is 3.11. The van der Waals surface area contributed by atoms with E-state index in [4.69, 9.17) is 19.2 Å². The van der Waals surface area contributed by atoms with Crippen molar-refractivity contribution in [3.8, 4) is 28.5 Å². The molecule has 0 unspecified atom stereocenters. The van der Waals surface area contributed by atoms with Crippen LogP contribution in [0.15, 0.2) is 60.1 Å². The highest BCUT2D eigenvalue weighted by Crippen LogP contribution is 2.34. The average molecular weight is 475 g/mol. The predicted octanol–water partition coefficient (Wildman–Crippen LogP) is 5.30. The molecule has 1 aliphatic heterocycles. The summed E-state index contributed by atoms with van der Waals surface area (Å²) < 4.78 is 18.7. The minimum atomic E-state index is 0. The summed E-state index contributed by atoms with van der Waals surface area (Å²) in [6.45, 7) is 7.86. The second-order valence-electron chi connectivity index (χ2n) is 6.36. The molecule has 152 valence electrons. The largest absolute Gasteiger partial charge is 0.497 e. The number of hydrogen-bond acceptors (Lipinski definition) is 5. The molecule has 2 aromatic carbocycles. The van der Waals surface area contributed by atoms with Gasteiger partial charge in [-0.3, -0.25) is 0 Å². The van der Waals surface area contributed by atoms with E-state index >= 15 is 0 Å². The molecule has 0 saturated carbocycles. The Labute approximate surface area is 184 Å². The van der Waals surface area contributed by atoms with Crippen LogP contribution < -0.4 is 19.0 Å². The first-order valence-corrected chi connectivity index (χ1v) is 9.91. The first kappa shape index (κ1) is 21.2. The molecule has 2 heterocycles. The molecule has 7 heteroatoms. The van der Waals surface area contributed by atoms with Crippen molar-refractivity contribution in [1.29, 1.82) is 0 Å². The molecule has 0 bridgehead atoms. The number of hydrogen-bond donors (Lipinski definition) is 0. The molecule has 5 nitrogen and oxygen atoms in total. The molecular formula is C22H23BrN2O3S. The lowest BCUT2D eigenvalue weighted by atomic mass is 10.1. The van der Waals surface area contributed by atoms with Crippen molar-refractivity contribution in [2.45, 2.75) is 13.5 Å². The van der Waals surface area contributed by atoms with Gasteiger partial charge in [-0.15, -0.1) is 34.9 Å². The van der Waals surface area contributed by atoms with Crippen LogP contribution in [0.1, 0.15) is 4.88 Å². The summed E-state index contributed by atoms with van der Waals surface area (Å²) in [7, 11) is 1.67. The standard InChI is InChI=1S/C22H22N2O3S.BrH/c1-4-11-24-21(16-5-8-18(25-3)9-6-16)15(2)28-22(24)23-17-7-10-19-20(14-17)27-13-12-26-19;/h4-10,14H,1,11-13H2,2-3H3;1H. The van der Waals surface area contributed by atoms with Crippen LogP contribution in [-0.4, -0.2) is 24.9 Å². The number of fused-ring (bicyclic) bond motifs is 1. The van der Waals surface area contributed by atoms with Gasteiger partial charge >= 0.3 is 0 Å². The van der Waals surface area contributed by atoms with Crippen LogP contribution in [0, 0.1) is 6.92 Å². The third-order valence-corrected chi connectivity index (χ3v) is 5.50.